The number of carbonyl (C=O) groups is 6. The monoisotopic (exact) mass is 1200 g/mol. The molecule has 0 spiro atoms. The third-order valence-electron chi connectivity index (χ3n) is 17.7. The number of halogens is 7. The maximum absolute atomic E-state index is 16.0. The number of alkyl halides is 5. The molecular formula is C61H71F7N12O6. The van der Waals surface area contributed by atoms with Gasteiger partial charge >= 0.3 is 6.18 Å². The molecule has 4 heterocycles. The number of hydrogen-bond donors (Lipinski definition) is 7. The van der Waals surface area contributed by atoms with Crippen LogP contribution >= 0.6 is 0 Å². The van der Waals surface area contributed by atoms with E-state index in [1.54, 1.807) is 16.8 Å². The minimum atomic E-state index is -4.87. The molecule has 10 rings (SSSR count). The standard InChI is InChI=1S/C61H71F7N12O6/c1-30(2)79-46(19-22-71-79)56(83)77-52(59(86)74-44-17-15-37(26-41(44)62)32(4)54(81)75-48-28-69-29-60(48,64)65)50(36-13-14-36)40-25-39(40)24-31(3)80-47(20-23-72-80)57(84)76-51(49(34-9-10-34)35-11-12-35)58(85)73-43-18-16-38(27-42(43)63)33(5)55(82)78-53(61(66,67)68)45-8-6-7-21-70-45/h6-8,15-23,26-27,30-36,39-40,48-53,69H,9-14,24-25,28-29H2,1-5H3,(H,73,85)(H,74,86)(H,75,81)(H,76,84)(H,77,83)(H,78,82)/t31?,32-,33-,39?,40?,48+,50?,51-,52-,53?/m0/s1. The summed E-state index contributed by atoms with van der Waals surface area (Å²) in [6.45, 7) is 7.70. The van der Waals surface area contributed by atoms with Crippen LogP contribution in [0, 0.1) is 53.1 Å². The van der Waals surface area contributed by atoms with E-state index in [-0.39, 0.29) is 82.0 Å². The maximum atomic E-state index is 16.0. The zero-order valence-electron chi connectivity index (χ0n) is 48.1. The molecule has 10 atom stereocenters. The summed E-state index contributed by atoms with van der Waals surface area (Å²) < 4.78 is 106. The van der Waals surface area contributed by atoms with E-state index in [1.807, 2.05) is 26.1 Å². The van der Waals surface area contributed by atoms with Gasteiger partial charge < -0.3 is 37.2 Å². The molecule has 4 saturated carbocycles. The fourth-order valence-corrected chi connectivity index (χ4v) is 12.4. The molecule has 6 amide bonds. The summed E-state index contributed by atoms with van der Waals surface area (Å²) in [7, 11) is 0. The van der Waals surface area contributed by atoms with Gasteiger partial charge in [0.15, 0.2) is 6.04 Å². The number of benzene rings is 2. The van der Waals surface area contributed by atoms with E-state index in [9.17, 15) is 50.7 Å². The molecule has 4 aliphatic carbocycles. The number of rotatable bonds is 25. The second kappa shape index (κ2) is 25.0. The van der Waals surface area contributed by atoms with Crippen molar-refractivity contribution in [2.75, 3.05) is 23.7 Å². The van der Waals surface area contributed by atoms with E-state index in [0.717, 1.165) is 56.7 Å². The zero-order chi connectivity index (χ0) is 61.5. The average molecular weight is 1200 g/mol. The molecule has 460 valence electrons. The molecule has 5 aliphatic rings. The van der Waals surface area contributed by atoms with Crippen molar-refractivity contribution in [3.63, 3.8) is 0 Å². The zero-order valence-corrected chi connectivity index (χ0v) is 48.1. The molecule has 18 nitrogen and oxygen atoms in total. The molecule has 5 unspecified atom stereocenters. The van der Waals surface area contributed by atoms with E-state index in [2.05, 4.69) is 47.1 Å². The second-order valence-corrected chi connectivity index (χ2v) is 24.3. The van der Waals surface area contributed by atoms with Gasteiger partial charge in [-0.1, -0.05) is 18.2 Å². The molecule has 86 heavy (non-hydrogen) atoms. The lowest BCUT2D eigenvalue weighted by molar-refractivity contribution is -0.164. The lowest BCUT2D eigenvalue weighted by Gasteiger charge is -2.29. The van der Waals surface area contributed by atoms with Crippen LogP contribution in [0.3, 0.4) is 0 Å². The van der Waals surface area contributed by atoms with Crippen LogP contribution in [0.1, 0.15) is 154 Å². The maximum Gasteiger partial charge on any atom is 0.414 e. The third kappa shape index (κ3) is 13.9. The van der Waals surface area contributed by atoms with Gasteiger partial charge in [-0.15, -0.1) is 0 Å². The molecule has 0 bridgehead atoms. The molecule has 5 aromatic rings. The van der Waals surface area contributed by atoms with Crippen LogP contribution in [0.2, 0.25) is 0 Å². The number of aromatic nitrogens is 5. The largest absolute Gasteiger partial charge is 0.414 e. The summed E-state index contributed by atoms with van der Waals surface area (Å²) in [5.41, 5.74) is -0.268. The first kappa shape index (κ1) is 61.4. The number of anilines is 2. The van der Waals surface area contributed by atoms with Crippen molar-refractivity contribution in [2.45, 2.75) is 146 Å². The summed E-state index contributed by atoms with van der Waals surface area (Å²) in [5.74, 6) is -11.9. The predicted molar refractivity (Wildman–Crippen MR) is 301 cm³/mol. The summed E-state index contributed by atoms with van der Waals surface area (Å²) in [5, 5.41) is 27.0. The highest BCUT2D eigenvalue weighted by molar-refractivity contribution is 6.02. The Morgan fingerprint density at radius 3 is 1.66 bits per heavy atom. The smallest absolute Gasteiger partial charge is 0.345 e. The average Bonchev–Trinajstić information content (AvgIpc) is 1.94. The van der Waals surface area contributed by atoms with E-state index >= 15 is 8.78 Å². The van der Waals surface area contributed by atoms with Crippen molar-refractivity contribution < 1.29 is 59.5 Å². The van der Waals surface area contributed by atoms with E-state index in [1.165, 1.54) is 73.5 Å². The molecule has 1 aliphatic heterocycles. The first-order valence-electron chi connectivity index (χ1n) is 29.4. The second-order valence-electron chi connectivity index (χ2n) is 24.3. The van der Waals surface area contributed by atoms with Crippen LogP contribution in [-0.2, 0) is 19.2 Å². The van der Waals surface area contributed by atoms with Crippen molar-refractivity contribution in [3.05, 3.63) is 125 Å². The Morgan fingerprint density at radius 1 is 0.651 bits per heavy atom. The number of hydrogen-bond acceptors (Lipinski definition) is 10. The molecule has 0 radical (unpaired) electrons. The van der Waals surface area contributed by atoms with Gasteiger partial charge in [0, 0.05) is 31.2 Å². The van der Waals surface area contributed by atoms with Gasteiger partial charge in [0.25, 0.3) is 17.7 Å². The van der Waals surface area contributed by atoms with Crippen LogP contribution in [0.15, 0.2) is 85.3 Å². The van der Waals surface area contributed by atoms with Gasteiger partial charge in [-0.05, 0) is 187 Å². The SMILES string of the molecule is CC(C)n1nccc1C(=O)N[C@H](C(=O)Nc1ccc([C@H](C)C(=O)N[C@@H]2CNCC2(F)F)cc1F)C(C1CC1)C1CC1CC(C)n1nccc1C(=O)N[C@H](C(=O)Nc1ccc([C@H](C)C(=O)NC(c2ccccn2)C(F)(F)F)cc1F)C(C1CC1)C1CC1. The van der Waals surface area contributed by atoms with Gasteiger partial charge in [-0.3, -0.25) is 43.1 Å². The number of carbonyl (C=O) groups excluding carboxylic acids is 6. The van der Waals surface area contributed by atoms with Crippen molar-refractivity contribution in [2.24, 2.45) is 41.4 Å². The lowest BCUT2D eigenvalue weighted by Crippen LogP contribution is -2.50. The van der Waals surface area contributed by atoms with Crippen LogP contribution in [0.4, 0.5) is 42.1 Å². The summed E-state index contributed by atoms with van der Waals surface area (Å²) in [4.78, 5) is 87.7. The van der Waals surface area contributed by atoms with Gasteiger partial charge in [0.05, 0.1) is 41.5 Å². The Kier molecular flexibility index (Phi) is 17.8. The number of nitrogens with zero attached hydrogens (tertiary/aromatic N) is 5. The number of amides is 6. The topological polar surface area (TPSA) is 235 Å². The summed E-state index contributed by atoms with van der Waals surface area (Å²) in [6, 6.07) is 7.67. The highest BCUT2D eigenvalue weighted by Gasteiger charge is 2.55. The van der Waals surface area contributed by atoms with Gasteiger partial charge in [-0.2, -0.15) is 23.4 Å². The van der Waals surface area contributed by atoms with E-state index in [0.29, 0.717) is 12.8 Å². The quantitative estimate of drug-likeness (QED) is 0.0274. The highest BCUT2D eigenvalue weighted by Crippen LogP contribution is 2.57. The predicted octanol–water partition coefficient (Wildman–Crippen LogP) is 8.91. The van der Waals surface area contributed by atoms with Crippen molar-refractivity contribution >= 4 is 46.8 Å². The Bertz CT molecular complexity index is 3320. The summed E-state index contributed by atoms with van der Waals surface area (Å²) >= 11 is 0. The Morgan fingerprint density at radius 2 is 1.17 bits per heavy atom. The Labute approximate surface area is 492 Å². The minimum absolute atomic E-state index is 0.0117. The van der Waals surface area contributed by atoms with Crippen LogP contribution < -0.4 is 37.2 Å². The first-order chi connectivity index (χ1) is 40.9. The molecule has 3 aromatic heterocycles. The molecular weight excluding hydrogens is 1130 g/mol. The fraction of sp³-hybridized carbons (Fsp3) is 0.525. The van der Waals surface area contributed by atoms with Gasteiger partial charge in [0.1, 0.15) is 41.1 Å². The number of pyridine rings is 1. The fourth-order valence-electron chi connectivity index (χ4n) is 12.4. The van der Waals surface area contributed by atoms with Crippen LogP contribution in [0.5, 0.6) is 0 Å². The normalized spacial score (nSPS) is 21.5. The molecule has 25 heteroatoms. The van der Waals surface area contributed by atoms with E-state index < -0.39 is 119 Å². The third-order valence-corrected chi connectivity index (χ3v) is 17.7. The minimum Gasteiger partial charge on any atom is -0.345 e. The highest BCUT2D eigenvalue weighted by atomic mass is 19.4. The molecule has 1 saturated heterocycles. The Balaban J connectivity index is 0.818. The van der Waals surface area contributed by atoms with Crippen molar-refractivity contribution in [3.8, 4) is 0 Å². The first-order valence-corrected chi connectivity index (χ1v) is 29.4. The van der Waals surface area contributed by atoms with E-state index in [4.69, 9.17) is 0 Å². The Hall–Kier alpha value is -7.70. The van der Waals surface area contributed by atoms with Gasteiger partial charge in [-0.25, -0.2) is 17.6 Å². The van der Waals surface area contributed by atoms with Crippen molar-refractivity contribution in [1.82, 2.24) is 51.1 Å². The number of nitrogens with one attached hydrogen (secondary N) is 7. The van der Waals surface area contributed by atoms with Crippen LogP contribution in [0.25, 0.3) is 0 Å². The lowest BCUT2D eigenvalue weighted by atomic mass is 9.86. The van der Waals surface area contributed by atoms with Crippen molar-refractivity contribution in [1.29, 1.82) is 0 Å². The van der Waals surface area contributed by atoms with Gasteiger partial charge in [0.2, 0.25) is 23.6 Å². The summed E-state index contributed by atoms with van der Waals surface area (Å²) in [6.07, 6.45) is 5.32. The van der Waals surface area contributed by atoms with Crippen LogP contribution in [-0.4, -0.2) is 103 Å². The molecule has 5 fully saturated rings. The molecule has 7 N–H and O–H groups in total. The molecule has 2 aromatic carbocycles.